The van der Waals surface area contributed by atoms with Crippen molar-refractivity contribution in [2.75, 3.05) is 0 Å². The van der Waals surface area contributed by atoms with Gasteiger partial charge in [-0.3, -0.25) is 0 Å². The molecule has 1 aromatic rings. The van der Waals surface area contributed by atoms with Gasteiger partial charge in [0.15, 0.2) is 11.5 Å². The Balaban J connectivity index is 2.92. The fraction of sp³-hybridized carbons (Fsp3) is 0.500. The van der Waals surface area contributed by atoms with Gasteiger partial charge in [0.05, 0.1) is 12.2 Å². The van der Waals surface area contributed by atoms with Crippen LogP contribution in [-0.2, 0) is 0 Å². The van der Waals surface area contributed by atoms with Crippen LogP contribution in [0.4, 0.5) is 0 Å². The highest BCUT2D eigenvalue weighted by Gasteiger charge is 2.08. The van der Waals surface area contributed by atoms with Gasteiger partial charge < -0.3 is 9.47 Å². The zero-order chi connectivity index (χ0) is 11.4. The summed E-state index contributed by atoms with van der Waals surface area (Å²) in [6.07, 6.45) is 0.300. The van der Waals surface area contributed by atoms with Crippen LogP contribution in [0, 0.1) is 0 Å². The standard InChI is InChI=1S/C12H17BrO2/c1-8(2)14-11-6-5-10(13)7-12(11)15-9(3)4/h5-9H,1-4H3. The van der Waals surface area contributed by atoms with E-state index >= 15 is 0 Å². The fourth-order valence-corrected chi connectivity index (χ4v) is 1.52. The van der Waals surface area contributed by atoms with E-state index in [0.29, 0.717) is 0 Å². The molecule has 0 atom stereocenters. The molecule has 15 heavy (non-hydrogen) atoms. The maximum absolute atomic E-state index is 5.67. The van der Waals surface area contributed by atoms with Crippen LogP contribution in [0.5, 0.6) is 11.5 Å². The third kappa shape index (κ3) is 4.12. The summed E-state index contributed by atoms with van der Waals surface area (Å²) in [6.45, 7) is 8.00. The molecule has 0 bridgehead atoms. The smallest absolute Gasteiger partial charge is 0.162 e. The number of benzene rings is 1. The van der Waals surface area contributed by atoms with Gasteiger partial charge in [-0.1, -0.05) is 15.9 Å². The molecule has 0 spiro atoms. The molecule has 0 radical (unpaired) electrons. The summed E-state index contributed by atoms with van der Waals surface area (Å²) in [4.78, 5) is 0. The van der Waals surface area contributed by atoms with Crippen LogP contribution in [0.15, 0.2) is 22.7 Å². The largest absolute Gasteiger partial charge is 0.487 e. The fourth-order valence-electron chi connectivity index (χ4n) is 1.18. The topological polar surface area (TPSA) is 18.5 Å². The molecule has 84 valence electrons. The Kier molecular flexibility index (Phi) is 4.45. The predicted octanol–water partition coefficient (Wildman–Crippen LogP) is 4.02. The van der Waals surface area contributed by atoms with E-state index in [1.807, 2.05) is 45.9 Å². The molecule has 0 amide bonds. The van der Waals surface area contributed by atoms with Gasteiger partial charge in [0.1, 0.15) is 0 Å². The average Bonchev–Trinajstić information content (AvgIpc) is 2.08. The second-order valence-corrected chi connectivity index (χ2v) is 4.84. The molecule has 0 saturated carbocycles. The van der Waals surface area contributed by atoms with Crippen molar-refractivity contribution in [2.24, 2.45) is 0 Å². The molecule has 1 rings (SSSR count). The van der Waals surface area contributed by atoms with Gasteiger partial charge in [0.25, 0.3) is 0 Å². The Bertz CT molecular complexity index is 321. The lowest BCUT2D eigenvalue weighted by Crippen LogP contribution is -2.10. The zero-order valence-corrected chi connectivity index (χ0v) is 11.2. The van der Waals surface area contributed by atoms with Gasteiger partial charge in [-0.15, -0.1) is 0 Å². The first-order chi connectivity index (χ1) is 6.99. The van der Waals surface area contributed by atoms with E-state index in [-0.39, 0.29) is 12.2 Å². The quantitative estimate of drug-likeness (QED) is 0.824. The van der Waals surface area contributed by atoms with E-state index in [2.05, 4.69) is 15.9 Å². The van der Waals surface area contributed by atoms with Crippen LogP contribution in [-0.4, -0.2) is 12.2 Å². The van der Waals surface area contributed by atoms with Crippen molar-refractivity contribution in [3.63, 3.8) is 0 Å². The minimum atomic E-state index is 0.147. The summed E-state index contributed by atoms with van der Waals surface area (Å²) in [7, 11) is 0. The Morgan fingerprint density at radius 1 is 0.933 bits per heavy atom. The molecule has 1 aromatic carbocycles. The summed E-state index contributed by atoms with van der Waals surface area (Å²) in [5.41, 5.74) is 0. The molecular formula is C12H17BrO2. The van der Waals surface area contributed by atoms with Crippen LogP contribution >= 0.6 is 15.9 Å². The molecule has 0 heterocycles. The van der Waals surface area contributed by atoms with E-state index in [1.165, 1.54) is 0 Å². The van der Waals surface area contributed by atoms with Gasteiger partial charge in [0, 0.05) is 4.47 Å². The zero-order valence-electron chi connectivity index (χ0n) is 9.58. The average molecular weight is 273 g/mol. The summed E-state index contributed by atoms with van der Waals surface area (Å²) in [5.74, 6) is 1.58. The molecule has 0 aliphatic carbocycles. The number of hydrogen-bond acceptors (Lipinski definition) is 2. The third-order valence-corrected chi connectivity index (χ3v) is 2.12. The Hall–Kier alpha value is -0.700. The molecule has 0 unspecified atom stereocenters. The van der Waals surface area contributed by atoms with Gasteiger partial charge >= 0.3 is 0 Å². The van der Waals surface area contributed by atoms with Crippen LogP contribution in [0.25, 0.3) is 0 Å². The van der Waals surface area contributed by atoms with Crippen molar-refractivity contribution in [3.8, 4) is 11.5 Å². The van der Waals surface area contributed by atoms with Crippen molar-refractivity contribution in [1.29, 1.82) is 0 Å². The SMILES string of the molecule is CC(C)Oc1ccc(Br)cc1OC(C)C. The van der Waals surface area contributed by atoms with Gasteiger partial charge in [-0.2, -0.15) is 0 Å². The molecule has 3 heteroatoms. The number of halogens is 1. The van der Waals surface area contributed by atoms with Crippen LogP contribution in [0.3, 0.4) is 0 Å². The Morgan fingerprint density at radius 3 is 2.00 bits per heavy atom. The summed E-state index contributed by atoms with van der Waals surface area (Å²) in [5, 5.41) is 0. The number of ether oxygens (including phenoxy) is 2. The molecular weight excluding hydrogens is 256 g/mol. The lowest BCUT2D eigenvalue weighted by Gasteiger charge is -2.17. The van der Waals surface area contributed by atoms with Gasteiger partial charge in [-0.05, 0) is 45.9 Å². The molecule has 0 aromatic heterocycles. The minimum absolute atomic E-state index is 0.147. The second-order valence-electron chi connectivity index (χ2n) is 3.92. The maximum Gasteiger partial charge on any atom is 0.162 e. The molecule has 0 fully saturated rings. The van der Waals surface area contributed by atoms with Crippen molar-refractivity contribution in [1.82, 2.24) is 0 Å². The van der Waals surface area contributed by atoms with Crippen molar-refractivity contribution >= 4 is 15.9 Å². The molecule has 0 aliphatic rings. The van der Waals surface area contributed by atoms with Gasteiger partial charge in [-0.25, -0.2) is 0 Å². The first-order valence-electron chi connectivity index (χ1n) is 5.12. The summed E-state index contributed by atoms with van der Waals surface area (Å²) in [6, 6.07) is 5.80. The first-order valence-corrected chi connectivity index (χ1v) is 5.91. The molecule has 0 N–H and O–H groups in total. The highest BCUT2D eigenvalue weighted by Crippen LogP contribution is 2.31. The van der Waals surface area contributed by atoms with E-state index in [4.69, 9.17) is 9.47 Å². The maximum atomic E-state index is 5.67. The van der Waals surface area contributed by atoms with Gasteiger partial charge in [0.2, 0.25) is 0 Å². The van der Waals surface area contributed by atoms with Crippen LogP contribution < -0.4 is 9.47 Å². The van der Waals surface area contributed by atoms with Crippen molar-refractivity contribution in [2.45, 2.75) is 39.9 Å². The van der Waals surface area contributed by atoms with Crippen LogP contribution in [0.2, 0.25) is 0 Å². The lowest BCUT2D eigenvalue weighted by atomic mass is 10.3. The van der Waals surface area contributed by atoms with Crippen LogP contribution in [0.1, 0.15) is 27.7 Å². The number of hydrogen-bond donors (Lipinski definition) is 0. The van der Waals surface area contributed by atoms with E-state index < -0.39 is 0 Å². The Labute approximate surface area is 99.7 Å². The third-order valence-electron chi connectivity index (χ3n) is 1.63. The predicted molar refractivity (Wildman–Crippen MR) is 65.7 cm³/mol. The minimum Gasteiger partial charge on any atom is -0.487 e. The lowest BCUT2D eigenvalue weighted by molar-refractivity contribution is 0.198. The first kappa shape index (κ1) is 12.4. The molecule has 2 nitrogen and oxygen atoms in total. The second kappa shape index (κ2) is 5.40. The monoisotopic (exact) mass is 272 g/mol. The molecule has 0 aliphatic heterocycles. The van der Waals surface area contributed by atoms with E-state index in [9.17, 15) is 0 Å². The Morgan fingerprint density at radius 2 is 1.47 bits per heavy atom. The number of rotatable bonds is 4. The van der Waals surface area contributed by atoms with Crippen molar-refractivity contribution in [3.05, 3.63) is 22.7 Å². The van der Waals surface area contributed by atoms with Crippen molar-refractivity contribution < 1.29 is 9.47 Å². The van der Waals surface area contributed by atoms with E-state index in [0.717, 1.165) is 16.0 Å². The summed E-state index contributed by atoms with van der Waals surface area (Å²) >= 11 is 3.42. The highest BCUT2D eigenvalue weighted by molar-refractivity contribution is 9.10. The van der Waals surface area contributed by atoms with E-state index in [1.54, 1.807) is 0 Å². The normalized spacial score (nSPS) is 10.9. The highest BCUT2D eigenvalue weighted by atomic mass is 79.9. The molecule has 0 saturated heterocycles. The summed E-state index contributed by atoms with van der Waals surface area (Å²) < 4.78 is 12.3.